The van der Waals surface area contributed by atoms with Crippen LogP contribution in [0.1, 0.15) is 35.1 Å². The highest BCUT2D eigenvalue weighted by Gasteiger charge is 2.32. The SMILES string of the molecule is CN(C)[C@@H]1C[C@@H](c2ccc(F)cc2)c2ccccc21. The molecule has 2 atom stereocenters. The van der Waals surface area contributed by atoms with Crippen molar-refractivity contribution in [1.29, 1.82) is 0 Å². The van der Waals surface area contributed by atoms with E-state index < -0.39 is 0 Å². The Morgan fingerprint density at radius 2 is 1.58 bits per heavy atom. The Labute approximate surface area is 113 Å². The highest BCUT2D eigenvalue weighted by atomic mass is 19.1. The van der Waals surface area contributed by atoms with E-state index in [0.717, 1.165) is 6.42 Å². The molecule has 0 bridgehead atoms. The third-order valence-corrected chi connectivity index (χ3v) is 4.09. The summed E-state index contributed by atoms with van der Waals surface area (Å²) in [6.07, 6.45) is 1.07. The number of fused-ring (bicyclic) bond motifs is 1. The van der Waals surface area contributed by atoms with Gasteiger partial charge in [0, 0.05) is 12.0 Å². The fourth-order valence-electron chi connectivity index (χ4n) is 3.11. The Hall–Kier alpha value is -1.67. The zero-order valence-electron chi connectivity index (χ0n) is 11.3. The van der Waals surface area contributed by atoms with Crippen molar-refractivity contribution in [2.45, 2.75) is 18.4 Å². The van der Waals surface area contributed by atoms with Gasteiger partial charge in [-0.3, -0.25) is 0 Å². The quantitative estimate of drug-likeness (QED) is 0.785. The Morgan fingerprint density at radius 3 is 2.21 bits per heavy atom. The maximum atomic E-state index is 13.1. The van der Waals surface area contributed by atoms with Crippen LogP contribution in [0, 0.1) is 5.82 Å². The van der Waals surface area contributed by atoms with Gasteiger partial charge in [0.15, 0.2) is 0 Å². The van der Waals surface area contributed by atoms with E-state index in [2.05, 4.69) is 43.3 Å². The number of benzene rings is 2. The van der Waals surface area contributed by atoms with Crippen molar-refractivity contribution in [3.05, 3.63) is 71.0 Å². The van der Waals surface area contributed by atoms with Gasteiger partial charge in [-0.15, -0.1) is 0 Å². The summed E-state index contributed by atoms with van der Waals surface area (Å²) >= 11 is 0. The Bertz CT molecular complexity index is 574. The molecule has 2 heteroatoms. The first kappa shape index (κ1) is 12.4. The number of hydrogen-bond acceptors (Lipinski definition) is 1. The van der Waals surface area contributed by atoms with E-state index in [9.17, 15) is 4.39 Å². The first-order valence-corrected chi connectivity index (χ1v) is 6.67. The molecule has 0 N–H and O–H groups in total. The molecule has 0 amide bonds. The van der Waals surface area contributed by atoms with E-state index in [1.807, 2.05) is 12.1 Å². The van der Waals surface area contributed by atoms with Crippen LogP contribution in [-0.2, 0) is 0 Å². The van der Waals surface area contributed by atoms with Gasteiger partial charge in [-0.05, 0) is 49.3 Å². The fourth-order valence-corrected chi connectivity index (χ4v) is 3.11. The number of nitrogens with zero attached hydrogens (tertiary/aromatic N) is 1. The summed E-state index contributed by atoms with van der Waals surface area (Å²) in [4.78, 5) is 2.27. The van der Waals surface area contributed by atoms with Crippen molar-refractivity contribution < 1.29 is 4.39 Å². The molecule has 0 saturated carbocycles. The highest BCUT2D eigenvalue weighted by Crippen LogP contribution is 2.45. The molecule has 98 valence electrons. The fraction of sp³-hybridized carbons (Fsp3) is 0.294. The minimum Gasteiger partial charge on any atom is -0.302 e. The van der Waals surface area contributed by atoms with Gasteiger partial charge >= 0.3 is 0 Å². The summed E-state index contributed by atoms with van der Waals surface area (Å²) in [6.45, 7) is 0. The van der Waals surface area contributed by atoms with Gasteiger partial charge in [0.25, 0.3) is 0 Å². The molecule has 1 aliphatic rings. The minimum absolute atomic E-state index is 0.167. The van der Waals surface area contributed by atoms with Gasteiger partial charge < -0.3 is 4.90 Å². The van der Waals surface area contributed by atoms with E-state index in [1.165, 1.54) is 16.7 Å². The molecular formula is C17H18FN. The lowest BCUT2D eigenvalue weighted by Crippen LogP contribution is -2.17. The molecule has 0 aromatic heterocycles. The van der Waals surface area contributed by atoms with Gasteiger partial charge in [0.1, 0.15) is 5.82 Å². The molecule has 0 fully saturated rings. The van der Waals surface area contributed by atoms with E-state index in [1.54, 1.807) is 12.1 Å². The highest BCUT2D eigenvalue weighted by molar-refractivity contribution is 5.44. The van der Waals surface area contributed by atoms with Crippen molar-refractivity contribution >= 4 is 0 Å². The Morgan fingerprint density at radius 1 is 0.947 bits per heavy atom. The lowest BCUT2D eigenvalue weighted by Gasteiger charge is -2.20. The number of halogens is 1. The molecule has 0 heterocycles. The second kappa shape index (κ2) is 4.78. The molecule has 0 aliphatic heterocycles. The van der Waals surface area contributed by atoms with Gasteiger partial charge in [0.2, 0.25) is 0 Å². The van der Waals surface area contributed by atoms with Crippen LogP contribution < -0.4 is 0 Å². The van der Waals surface area contributed by atoms with Crippen LogP contribution in [0.5, 0.6) is 0 Å². The van der Waals surface area contributed by atoms with Crippen LogP contribution in [0.4, 0.5) is 4.39 Å². The van der Waals surface area contributed by atoms with Crippen molar-refractivity contribution in [3.8, 4) is 0 Å². The predicted octanol–water partition coefficient (Wildman–Crippen LogP) is 3.96. The van der Waals surface area contributed by atoms with Crippen LogP contribution in [0.15, 0.2) is 48.5 Å². The molecule has 0 radical (unpaired) electrons. The first-order chi connectivity index (χ1) is 9.16. The predicted molar refractivity (Wildman–Crippen MR) is 75.7 cm³/mol. The van der Waals surface area contributed by atoms with Crippen LogP contribution >= 0.6 is 0 Å². The Balaban J connectivity index is 2.03. The summed E-state index contributed by atoms with van der Waals surface area (Å²) in [7, 11) is 4.24. The van der Waals surface area contributed by atoms with Crippen molar-refractivity contribution in [3.63, 3.8) is 0 Å². The van der Waals surface area contributed by atoms with E-state index in [4.69, 9.17) is 0 Å². The van der Waals surface area contributed by atoms with E-state index in [-0.39, 0.29) is 5.82 Å². The molecule has 0 unspecified atom stereocenters. The minimum atomic E-state index is -0.167. The number of rotatable bonds is 2. The molecule has 1 nitrogen and oxygen atoms in total. The van der Waals surface area contributed by atoms with Crippen LogP contribution in [-0.4, -0.2) is 19.0 Å². The van der Waals surface area contributed by atoms with Crippen LogP contribution in [0.2, 0.25) is 0 Å². The van der Waals surface area contributed by atoms with Crippen LogP contribution in [0.3, 0.4) is 0 Å². The molecule has 0 spiro atoms. The largest absolute Gasteiger partial charge is 0.302 e. The van der Waals surface area contributed by atoms with Crippen molar-refractivity contribution in [2.75, 3.05) is 14.1 Å². The Kier molecular flexibility index (Phi) is 3.11. The first-order valence-electron chi connectivity index (χ1n) is 6.67. The molecule has 1 aliphatic carbocycles. The summed E-state index contributed by atoms with van der Waals surface area (Å²) in [6, 6.07) is 16.0. The lowest BCUT2D eigenvalue weighted by atomic mass is 9.93. The average Bonchev–Trinajstić information content (AvgIpc) is 2.79. The van der Waals surface area contributed by atoms with Gasteiger partial charge in [-0.2, -0.15) is 0 Å². The summed E-state index contributed by atoms with van der Waals surface area (Å²) in [5, 5.41) is 0. The average molecular weight is 255 g/mol. The molecule has 2 aromatic carbocycles. The van der Waals surface area contributed by atoms with Gasteiger partial charge in [-0.25, -0.2) is 4.39 Å². The summed E-state index contributed by atoms with van der Waals surface area (Å²) < 4.78 is 13.1. The van der Waals surface area contributed by atoms with Gasteiger partial charge in [0.05, 0.1) is 0 Å². The van der Waals surface area contributed by atoms with Gasteiger partial charge in [-0.1, -0.05) is 36.4 Å². The zero-order valence-corrected chi connectivity index (χ0v) is 11.3. The van der Waals surface area contributed by atoms with E-state index in [0.29, 0.717) is 12.0 Å². The maximum absolute atomic E-state index is 13.1. The van der Waals surface area contributed by atoms with Crippen molar-refractivity contribution in [1.82, 2.24) is 4.90 Å². The summed E-state index contributed by atoms with van der Waals surface area (Å²) in [5.74, 6) is 0.211. The molecule has 3 rings (SSSR count). The zero-order chi connectivity index (χ0) is 13.4. The van der Waals surface area contributed by atoms with E-state index >= 15 is 0 Å². The number of hydrogen-bond donors (Lipinski definition) is 0. The molecule has 2 aromatic rings. The van der Waals surface area contributed by atoms with Crippen molar-refractivity contribution in [2.24, 2.45) is 0 Å². The normalized spacial score (nSPS) is 21.7. The summed E-state index contributed by atoms with van der Waals surface area (Å²) in [5.41, 5.74) is 3.99. The standard InChI is InChI=1S/C17H18FN/c1-19(2)17-11-16(12-7-9-13(18)10-8-12)14-5-3-4-6-15(14)17/h3-10,16-17H,11H2,1-2H3/t16-,17+/m0/s1. The smallest absolute Gasteiger partial charge is 0.123 e. The second-order valence-corrected chi connectivity index (χ2v) is 5.45. The molecular weight excluding hydrogens is 237 g/mol. The third kappa shape index (κ3) is 2.17. The topological polar surface area (TPSA) is 3.24 Å². The second-order valence-electron chi connectivity index (χ2n) is 5.45. The third-order valence-electron chi connectivity index (χ3n) is 4.09. The van der Waals surface area contributed by atoms with Crippen LogP contribution in [0.25, 0.3) is 0 Å². The monoisotopic (exact) mass is 255 g/mol. The maximum Gasteiger partial charge on any atom is 0.123 e. The molecule has 19 heavy (non-hydrogen) atoms. The molecule has 0 saturated heterocycles. The lowest BCUT2D eigenvalue weighted by molar-refractivity contribution is 0.293.